The normalized spacial score (nSPS) is 10.1. The van der Waals surface area contributed by atoms with Crippen molar-refractivity contribution in [2.75, 3.05) is 11.6 Å². The second-order valence-electron chi connectivity index (χ2n) is 2.73. The molecule has 0 unspecified atom stereocenters. The molecule has 0 aromatic heterocycles. The minimum Gasteiger partial charge on any atom is -0.398 e. The molecule has 0 heterocycles. The highest BCUT2D eigenvalue weighted by molar-refractivity contribution is 6.33. The number of halogens is 2. The molecule has 0 aliphatic carbocycles. The number of rotatable bonds is 2. The van der Waals surface area contributed by atoms with Crippen LogP contribution in [0.1, 0.15) is 15.9 Å². The molecule has 0 saturated carbocycles. The van der Waals surface area contributed by atoms with E-state index in [1.807, 2.05) is 0 Å². The van der Waals surface area contributed by atoms with Gasteiger partial charge in [-0.3, -0.25) is 4.79 Å². The zero-order chi connectivity index (χ0) is 10.0. The van der Waals surface area contributed by atoms with Crippen LogP contribution in [0.25, 0.3) is 0 Å². The highest BCUT2D eigenvalue weighted by atomic mass is 35.5. The molecule has 0 aliphatic heterocycles. The lowest BCUT2D eigenvalue weighted by molar-refractivity contribution is 0.102. The smallest absolute Gasteiger partial charge is 0.177 e. The Hall–Kier alpha value is -0.730. The zero-order valence-corrected chi connectivity index (χ0v) is 8.62. The monoisotopic (exact) mass is 217 g/mol. The molecule has 70 valence electrons. The van der Waals surface area contributed by atoms with Crippen molar-refractivity contribution in [1.82, 2.24) is 0 Å². The van der Waals surface area contributed by atoms with Crippen LogP contribution in [0.5, 0.6) is 0 Å². The number of alkyl halides is 1. The van der Waals surface area contributed by atoms with Crippen LogP contribution >= 0.6 is 23.2 Å². The molecule has 0 spiro atoms. The van der Waals surface area contributed by atoms with Crippen molar-refractivity contribution < 1.29 is 4.79 Å². The molecule has 0 saturated heterocycles. The lowest BCUT2D eigenvalue weighted by atomic mass is 10.1. The van der Waals surface area contributed by atoms with E-state index in [2.05, 4.69) is 0 Å². The molecule has 0 aliphatic rings. The summed E-state index contributed by atoms with van der Waals surface area (Å²) in [5.74, 6) is -0.228. The molecule has 0 fully saturated rings. The Labute approximate surface area is 86.6 Å². The van der Waals surface area contributed by atoms with Gasteiger partial charge in [-0.2, -0.15) is 0 Å². The first kappa shape index (κ1) is 10.4. The van der Waals surface area contributed by atoms with E-state index in [1.54, 1.807) is 19.1 Å². The predicted molar refractivity (Wildman–Crippen MR) is 55.7 cm³/mol. The van der Waals surface area contributed by atoms with Crippen LogP contribution in [0.15, 0.2) is 12.1 Å². The molecule has 2 N–H and O–H groups in total. The van der Waals surface area contributed by atoms with Gasteiger partial charge in [0.15, 0.2) is 5.78 Å². The average Bonchev–Trinajstić information content (AvgIpc) is 2.12. The Bertz CT molecular complexity index is 326. The lowest BCUT2D eigenvalue weighted by Crippen LogP contribution is -2.02. The molecular formula is C9H9Cl2NO. The molecule has 0 amide bonds. The van der Waals surface area contributed by atoms with Crippen molar-refractivity contribution in [1.29, 1.82) is 0 Å². The fourth-order valence-electron chi connectivity index (χ4n) is 0.938. The molecule has 1 aromatic carbocycles. The first-order chi connectivity index (χ1) is 6.06. The van der Waals surface area contributed by atoms with Crippen LogP contribution in [0, 0.1) is 6.92 Å². The summed E-state index contributed by atoms with van der Waals surface area (Å²) in [6.45, 7) is 1.80. The molecule has 2 nitrogen and oxygen atoms in total. The quantitative estimate of drug-likeness (QED) is 0.471. The number of hydrogen-bond donors (Lipinski definition) is 1. The van der Waals surface area contributed by atoms with E-state index in [0.29, 0.717) is 16.3 Å². The van der Waals surface area contributed by atoms with Crippen molar-refractivity contribution in [2.24, 2.45) is 0 Å². The number of benzene rings is 1. The molecule has 0 radical (unpaired) electrons. The van der Waals surface area contributed by atoms with Gasteiger partial charge in [0.25, 0.3) is 0 Å². The number of ketones is 1. The van der Waals surface area contributed by atoms with Crippen molar-refractivity contribution in [3.05, 3.63) is 28.3 Å². The first-order valence-corrected chi connectivity index (χ1v) is 4.62. The maximum absolute atomic E-state index is 11.2. The summed E-state index contributed by atoms with van der Waals surface area (Å²) in [5, 5.41) is 0.494. The Kier molecular flexibility index (Phi) is 3.17. The maximum atomic E-state index is 11.2. The predicted octanol–water partition coefficient (Wildman–Crippen LogP) is 2.65. The summed E-state index contributed by atoms with van der Waals surface area (Å²) in [7, 11) is 0. The van der Waals surface area contributed by atoms with E-state index in [-0.39, 0.29) is 11.7 Å². The Morgan fingerprint density at radius 1 is 1.54 bits per heavy atom. The van der Waals surface area contributed by atoms with Crippen molar-refractivity contribution >= 4 is 34.7 Å². The van der Waals surface area contributed by atoms with Gasteiger partial charge in [-0.25, -0.2) is 0 Å². The number of nitrogen functional groups attached to an aromatic ring is 1. The summed E-state index contributed by atoms with van der Waals surface area (Å²) in [6.07, 6.45) is 0. The SMILES string of the molecule is Cc1c(N)cc(C(=O)CCl)cc1Cl. The number of anilines is 1. The Morgan fingerprint density at radius 3 is 2.62 bits per heavy atom. The Balaban J connectivity index is 3.20. The summed E-state index contributed by atoms with van der Waals surface area (Å²) in [5.41, 5.74) is 7.40. The van der Waals surface area contributed by atoms with Crippen LogP contribution in [-0.2, 0) is 0 Å². The van der Waals surface area contributed by atoms with Gasteiger partial charge in [-0.15, -0.1) is 11.6 Å². The summed E-state index contributed by atoms with van der Waals surface area (Å²) >= 11 is 11.2. The van der Waals surface area contributed by atoms with Crippen LogP contribution in [-0.4, -0.2) is 11.7 Å². The third-order valence-corrected chi connectivity index (χ3v) is 2.46. The van der Waals surface area contributed by atoms with E-state index in [4.69, 9.17) is 28.9 Å². The average molecular weight is 218 g/mol. The second-order valence-corrected chi connectivity index (χ2v) is 3.40. The number of carbonyl (C=O) groups excluding carboxylic acids is 1. The van der Waals surface area contributed by atoms with Crippen LogP contribution < -0.4 is 5.73 Å². The second kappa shape index (κ2) is 3.99. The van der Waals surface area contributed by atoms with Gasteiger partial charge >= 0.3 is 0 Å². The molecule has 0 atom stereocenters. The number of carbonyl (C=O) groups is 1. The molecule has 0 bridgehead atoms. The van der Waals surface area contributed by atoms with Crippen LogP contribution in [0.2, 0.25) is 5.02 Å². The highest BCUT2D eigenvalue weighted by Crippen LogP contribution is 2.23. The first-order valence-electron chi connectivity index (χ1n) is 3.71. The topological polar surface area (TPSA) is 43.1 Å². The van der Waals surface area contributed by atoms with Gasteiger partial charge in [0.1, 0.15) is 0 Å². The minimum absolute atomic E-state index is 0.0567. The fraction of sp³-hybridized carbons (Fsp3) is 0.222. The van der Waals surface area contributed by atoms with Crippen molar-refractivity contribution in [3.63, 3.8) is 0 Å². The highest BCUT2D eigenvalue weighted by Gasteiger charge is 2.08. The van der Waals surface area contributed by atoms with Gasteiger partial charge in [0.05, 0.1) is 5.88 Å². The number of Topliss-reactive ketones (excluding diaryl/α,β-unsaturated/α-hetero) is 1. The van der Waals surface area contributed by atoms with E-state index in [0.717, 1.165) is 5.56 Å². The van der Waals surface area contributed by atoms with E-state index >= 15 is 0 Å². The Morgan fingerprint density at radius 2 is 2.15 bits per heavy atom. The summed E-state index contributed by atoms with van der Waals surface area (Å²) < 4.78 is 0. The van der Waals surface area contributed by atoms with Crippen LogP contribution in [0.4, 0.5) is 5.69 Å². The fourth-order valence-corrected chi connectivity index (χ4v) is 1.32. The number of hydrogen-bond acceptors (Lipinski definition) is 2. The zero-order valence-electron chi connectivity index (χ0n) is 7.10. The van der Waals surface area contributed by atoms with Gasteiger partial charge in [-0.1, -0.05) is 11.6 Å². The van der Waals surface area contributed by atoms with E-state index < -0.39 is 0 Å². The summed E-state index contributed by atoms with van der Waals surface area (Å²) in [4.78, 5) is 11.2. The molecule has 13 heavy (non-hydrogen) atoms. The molecule has 4 heteroatoms. The number of nitrogens with two attached hydrogens (primary N) is 1. The minimum atomic E-state index is -0.171. The van der Waals surface area contributed by atoms with E-state index in [1.165, 1.54) is 0 Å². The third kappa shape index (κ3) is 2.14. The van der Waals surface area contributed by atoms with Gasteiger partial charge in [-0.05, 0) is 24.6 Å². The molecular weight excluding hydrogens is 209 g/mol. The van der Waals surface area contributed by atoms with Crippen molar-refractivity contribution in [2.45, 2.75) is 6.92 Å². The van der Waals surface area contributed by atoms with E-state index in [9.17, 15) is 4.79 Å². The van der Waals surface area contributed by atoms with Crippen molar-refractivity contribution in [3.8, 4) is 0 Å². The maximum Gasteiger partial charge on any atom is 0.177 e. The van der Waals surface area contributed by atoms with Crippen LogP contribution in [0.3, 0.4) is 0 Å². The largest absolute Gasteiger partial charge is 0.398 e. The third-order valence-electron chi connectivity index (χ3n) is 1.83. The lowest BCUT2D eigenvalue weighted by Gasteiger charge is -2.05. The summed E-state index contributed by atoms with van der Waals surface area (Å²) in [6, 6.07) is 3.17. The van der Waals surface area contributed by atoms with Gasteiger partial charge in [0, 0.05) is 16.3 Å². The molecule has 1 rings (SSSR count). The van der Waals surface area contributed by atoms with Gasteiger partial charge in [0.2, 0.25) is 0 Å². The van der Waals surface area contributed by atoms with Gasteiger partial charge < -0.3 is 5.73 Å². The molecule has 1 aromatic rings. The standard InChI is InChI=1S/C9H9Cl2NO/c1-5-7(11)2-6(3-8(5)12)9(13)4-10/h2-3H,4,12H2,1H3.